The zero-order valence-corrected chi connectivity index (χ0v) is 17.9. The Labute approximate surface area is 176 Å². The normalized spacial score (nSPS) is 10.5. The van der Waals surface area contributed by atoms with Crippen molar-refractivity contribution in [1.82, 2.24) is 4.57 Å². The minimum absolute atomic E-state index is 0. The Morgan fingerprint density at radius 1 is 1.14 bits per heavy atom. The number of benzene rings is 2. The molecule has 6 heteroatoms. The summed E-state index contributed by atoms with van der Waals surface area (Å²) in [4.78, 5) is 0. The first kappa shape index (κ1) is 22.2. The number of aromatic nitrogens is 1. The van der Waals surface area contributed by atoms with Crippen LogP contribution in [0.25, 0.3) is 22.2 Å². The maximum atomic E-state index is 3.57. The number of rotatable bonds is 0. The van der Waals surface area contributed by atoms with E-state index in [-0.39, 0.29) is 63.4 Å². The molecule has 0 unspecified atom stereocenters. The van der Waals surface area contributed by atoms with Crippen molar-refractivity contribution < 1.29 is 63.4 Å². The van der Waals surface area contributed by atoms with Gasteiger partial charge in [0.2, 0.25) is 0 Å². The maximum Gasteiger partial charge on any atom is 4.00 e. The van der Waals surface area contributed by atoms with Gasteiger partial charge in [0, 0.05) is 22.4 Å². The first-order valence-corrected chi connectivity index (χ1v) is 6.82. The van der Waals surface area contributed by atoms with Crippen LogP contribution in [0.5, 0.6) is 0 Å². The van der Waals surface area contributed by atoms with E-state index in [0.717, 1.165) is 10.9 Å². The Morgan fingerprint density at radius 3 is 2.59 bits per heavy atom. The molecule has 0 aliphatic heterocycles. The molecule has 1 aliphatic carbocycles. The van der Waals surface area contributed by atoms with Crippen molar-refractivity contribution in [3.63, 3.8) is 0 Å². The van der Waals surface area contributed by atoms with E-state index < -0.39 is 0 Å². The topological polar surface area (TPSA) is 4.93 Å². The number of nitrogens with zero attached hydrogens (tertiary/aromatic N) is 1. The van der Waals surface area contributed by atoms with Gasteiger partial charge in [-0.3, -0.25) is 0 Å². The van der Waals surface area contributed by atoms with E-state index in [0.29, 0.717) is 0 Å². The predicted octanol–water partition coefficient (Wildman–Crippen LogP) is -4.68. The summed E-state index contributed by atoms with van der Waals surface area (Å²) in [7, 11) is 2.15. The van der Waals surface area contributed by atoms with Crippen molar-refractivity contribution in [3.05, 3.63) is 58.1 Å². The van der Waals surface area contributed by atoms with Crippen LogP contribution in [0.2, 0.25) is 0 Å². The predicted molar refractivity (Wildman–Crippen MR) is 77.7 cm³/mol. The molecular formula is C16H11BrCl3NZr. The van der Waals surface area contributed by atoms with Gasteiger partial charge in [-0.2, -0.15) is 24.3 Å². The minimum Gasteiger partial charge on any atom is -1.00 e. The van der Waals surface area contributed by atoms with Crippen molar-refractivity contribution in [1.29, 1.82) is 0 Å². The summed E-state index contributed by atoms with van der Waals surface area (Å²) in [6.45, 7) is 0. The molecule has 0 saturated carbocycles. The number of aryl methyl sites for hydroxylation is 1. The molecule has 1 heterocycles. The van der Waals surface area contributed by atoms with Crippen LogP contribution in [0.1, 0.15) is 11.1 Å². The molecule has 0 radical (unpaired) electrons. The van der Waals surface area contributed by atoms with Gasteiger partial charge in [-0.05, 0) is 35.9 Å². The average molecular weight is 495 g/mol. The van der Waals surface area contributed by atoms with E-state index in [1.54, 1.807) is 0 Å². The molecule has 1 aliphatic rings. The summed E-state index contributed by atoms with van der Waals surface area (Å²) in [5.41, 5.74) is 6.75. The van der Waals surface area contributed by atoms with Gasteiger partial charge in [-0.1, -0.05) is 15.9 Å². The van der Waals surface area contributed by atoms with Crippen molar-refractivity contribution in [2.24, 2.45) is 7.05 Å². The summed E-state index contributed by atoms with van der Waals surface area (Å²) in [5, 5.41) is 1.35. The third-order valence-electron chi connectivity index (χ3n) is 3.82. The van der Waals surface area contributed by atoms with Gasteiger partial charge in [0.15, 0.2) is 0 Å². The molecule has 4 rings (SSSR count). The van der Waals surface area contributed by atoms with Crippen LogP contribution in [-0.4, -0.2) is 4.57 Å². The fourth-order valence-electron chi connectivity index (χ4n) is 3.03. The van der Waals surface area contributed by atoms with Crippen molar-refractivity contribution in [2.75, 3.05) is 0 Å². The summed E-state index contributed by atoms with van der Waals surface area (Å²) in [6.07, 6.45) is 0.999. The van der Waals surface area contributed by atoms with Gasteiger partial charge < -0.3 is 41.8 Å². The van der Waals surface area contributed by atoms with E-state index in [4.69, 9.17) is 0 Å². The van der Waals surface area contributed by atoms with E-state index in [9.17, 15) is 0 Å². The molecule has 0 amide bonds. The zero-order chi connectivity index (χ0) is 12.3. The number of hydrogen-bond donors (Lipinski definition) is 0. The SMILES string of the molecule is Cn1c2c(c3cc(Br)ccc31)Cc1[c-]cccc1-2.[Cl-].[Cl-].[Cl-].[Zr+4]. The van der Waals surface area contributed by atoms with Gasteiger partial charge in [-0.25, -0.2) is 0 Å². The molecule has 0 fully saturated rings. The monoisotopic (exact) mass is 491 g/mol. The Hall–Kier alpha value is 0.213. The Bertz CT molecular complexity index is 801. The molecule has 0 bridgehead atoms. The fraction of sp³-hybridized carbons (Fsp3) is 0.125. The van der Waals surface area contributed by atoms with Crippen LogP contribution >= 0.6 is 15.9 Å². The molecular weight excluding hydrogens is 484 g/mol. The second-order valence-electron chi connectivity index (χ2n) is 4.79. The minimum atomic E-state index is 0. The molecule has 22 heavy (non-hydrogen) atoms. The first-order valence-electron chi connectivity index (χ1n) is 6.02. The fourth-order valence-corrected chi connectivity index (χ4v) is 3.39. The van der Waals surface area contributed by atoms with Gasteiger partial charge in [-0.15, -0.1) is 11.1 Å². The number of halogens is 4. The Kier molecular flexibility index (Phi) is 8.43. The van der Waals surface area contributed by atoms with Gasteiger partial charge in [0.1, 0.15) is 0 Å². The number of fused-ring (bicyclic) bond motifs is 5. The molecule has 1 nitrogen and oxygen atoms in total. The zero-order valence-electron chi connectivity index (χ0n) is 11.6. The van der Waals surface area contributed by atoms with Crippen LogP contribution in [0.3, 0.4) is 0 Å². The number of hydrogen-bond acceptors (Lipinski definition) is 0. The van der Waals surface area contributed by atoms with Crippen molar-refractivity contribution in [2.45, 2.75) is 6.42 Å². The van der Waals surface area contributed by atoms with Crippen LogP contribution in [0.15, 0.2) is 40.9 Å². The third kappa shape index (κ3) is 3.21. The average Bonchev–Trinajstić information content (AvgIpc) is 2.87. The van der Waals surface area contributed by atoms with Crippen molar-refractivity contribution in [3.8, 4) is 11.3 Å². The van der Waals surface area contributed by atoms with Crippen molar-refractivity contribution >= 4 is 26.8 Å². The van der Waals surface area contributed by atoms with Gasteiger partial charge in [0.05, 0.1) is 0 Å². The standard InChI is InChI=1S/C16H11BrN.3ClH.Zr/c1-18-15-7-6-11(17)9-13(15)14-8-10-4-2-3-5-12(10)16(14)18;;;;/h2-3,5-7,9H,8H2,1H3;3*1H;/q-1;;;;+4/p-3. The maximum absolute atomic E-state index is 3.57. The summed E-state index contributed by atoms with van der Waals surface area (Å²) in [6, 6.07) is 16.2. The van der Waals surface area contributed by atoms with Gasteiger partial charge >= 0.3 is 26.2 Å². The second-order valence-corrected chi connectivity index (χ2v) is 5.70. The first-order chi connectivity index (χ1) is 8.75. The van der Waals surface area contributed by atoms with Crippen LogP contribution in [-0.2, 0) is 39.7 Å². The second kappa shape index (κ2) is 8.35. The quantitative estimate of drug-likeness (QED) is 0.217. The van der Waals surface area contributed by atoms with E-state index in [1.807, 2.05) is 6.07 Å². The van der Waals surface area contributed by atoms with Crippen LogP contribution < -0.4 is 37.2 Å². The van der Waals surface area contributed by atoms with E-state index in [1.165, 1.54) is 33.3 Å². The molecule has 3 aromatic rings. The van der Waals surface area contributed by atoms with Gasteiger partial charge in [0.25, 0.3) is 0 Å². The molecule has 0 spiro atoms. The summed E-state index contributed by atoms with van der Waals surface area (Å²) in [5.74, 6) is 0. The molecule has 2 aromatic carbocycles. The largest absolute Gasteiger partial charge is 4.00 e. The molecule has 1 aromatic heterocycles. The molecule has 0 atom stereocenters. The van der Waals surface area contributed by atoms with Crippen LogP contribution in [0.4, 0.5) is 0 Å². The summed E-state index contributed by atoms with van der Waals surface area (Å²) < 4.78 is 3.44. The Balaban J connectivity index is 0.00000110. The molecule has 112 valence electrons. The van der Waals surface area contributed by atoms with E-state index >= 15 is 0 Å². The third-order valence-corrected chi connectivity index (χ3v) is 4.31. The molecule has 0 saturated heterocycles. The molecule has 0 N–H and O–H groups in total. The smallest absolute Gasteiger partial charge is 1.00 e. The van der Waals surface area contributed by atoms with E-state index in [2.05, 4.69) is 63.9 Å². The Morgan fingerprint density at radius 2 is 1.86 bits per heavy atom. The summed E-state index contributed by atoms with van der Waals surface area (Å²) >= 11 is 3.57. The van der Waals surface area contributed by atoms with Crippen LogP contribution in [0, 0.1) is 6.07 Å².